The SMILES string of the molecule is O=C(N[C@H]1CN2CCC1CC2)c1cccc(Br)c1. The maximum atomic E-state index is 12.2. The Morgan fingerprint density at radius 2 is 2.11 bits per heavy atom. The minimum Gasteiger partial charge on any atom is -0.348 e. The fourth-order valence-corrected chi connectivity index (χ4v) is 3.41. The number of hydrogen-bond acceptors (Lipinski definition) is 2. The molecule has 1 amide bonds. The summed E-state index contributed by atoms with van der Waals surface area (Å²) >= 11 is 3.40. The third-order valence-corrected chi connectivity index (χ3v) is 4.55. The highest BCUT2D eigenvalue weighted by Crippen LogP contribution is 2.27. The molecule has 0 aliphatic carbocycles. The van der Waals surface area contributed by atoms with Crippen LogP contribution in [0.5, 0.6) is 0 Å². The molecule has 0 unspecified atom stereocenters. The Bertz CT molecular complexity index is 455. The van der Waals surface area contributed by atoms with E-state index in [0.29, 0.717) is 12.0 Å². The normalized spacial score (nSPS) is 30.2. The van der Waals surface area contributed by atoms with E-state index in [9.17, 15) is 4.79 Å². The number of piperidine rings is 3. The Labute approximate surface area is 116 Å². The predicted molar refractivity (Wildman–Crippen MR) is 74.6 cm³/mol. The van der Waals surface area contributed by atoms with Crippen LogP contribution < -0.4 is 5.32 Å². The van der Waals surface area contributed by atoms with Crippen molar-refractivity contribution in [2.75, 3.05) is 19.6 Å². The van der Waals surface area contributed by atoms with Gasteiger partial charge in [-0.05, 0) is 50.0 Å². The molecule has 1 aromatic carbocycles. The summed E-state index contributed by atoms with van der Waals surface area (Å²) in [6, 6.07) is 7.90. The Morgan fingerprint density at radius 3 is 2.72 bits per heavy atom. The van der Waals surface area contributed by atoms with Crippen LogP contribution in [0.25, 0.3) is 0 Å². The molecule has 3 nitrogen and oxygen atoms in total. The van der Waals surface area contributed by atoms with Gasteiger partial charge < -0.3 is 10.2 Å². The second-order valence-electron chi connectivity index (χ2n) is 5.23. The number of benzene rings is 1. The maximum absolute atomic E-state index is 12.2. The van der Waals surface area contributed by atoms with Gasteiger partial charge in [0.25, 0.3) is 5.91 Å². The van der Waals surface area contributed by atoms with Crippen LogP contribution in [0.2, 0.25) is 0 Å². The van der Waals surface area contributed by atoms with Crippen LogP contribution in [0, 0.1) is 5.92 Å². The lowest BCUT2D eigenvalue weighted by Crippen LogP contribution is -2.57. The summed E-state index contributed by atoms with van der Waals surface area (Å²) in [5.74, 6) is 0.723. The molecule has 3 saturated heterocycles. The lowest BCUT2D eigenvalue weighted by Gasteiger charge is -2.44. The molecule has 2 bridgehead atoms. The summed E-state index contributed by atoms with van der Waals surface area (Å²) in [4.78, 5) is 14.6. The molecule has 4 heteroatoms. The van der Waals surface area contributed by atoms with Crippen LogP contribution in [-0.4, -0.2) is 36.5 Å². The average Bonchev–Trinajstić information content (AvgIpc) is 2.40. The molecule has 1 N–H and O–H groups in total. The first-order valence-corrected chi connectivity index (χ1v) is 7.30. The van der Waals surface area contributed by atoms with Crippen LogP contribution in [0.15, 0.2) is 28.7 Å². The highest BCUT2D eigenvalue weighted by molar-refractivity contribution is 9.10. The zero-order valence-electron chi connectivity index (χ0n) is 10.2. The molecule has 0 spiro atoms. The van der Waals surface area contributed by atoms with Gasteiger partial charge in [0.05, 0.1) is 0 Å². The molecule has 3 aliphatic rings. The lowest BCUT2D eigenvalue weighted by atomic mass is 9.84. The van der Waals surface area contributed by atoms with Gasteiger partial charge >= 0.3 is 0 Å². The van der Waals surface area contributed by atoms with Crippen LogP contribution in [-0.2, 0) is 0 Å². The number of carbonyl (C=O) groups is 1. The predicted octanol–water partition coefficient (Wildman–Crippen LogP) is 2.27. The maximum Gasteiger partial charge on any atom is 0.251 e. The molecule has 18 heavy (non-hydrogen) atoms. The van der Waals surface area contributed by atoms with Gasteiger partial charge in [-0.25, -0.2) is 0 Å². The summed E-state index contributed by atoms with van der Waals surface area (Å²) < 4.78 is 0.948. The molecule has 3 heterocycles. The monoisotopic (exact) mass is 308 g/mol. The zero-order valence-corrected chi connectivity index (χ0v) is 11.8. The number of amides is 1. The fourth-order valence-electron chi connectivity index (χ4n) is 3.01. The molecule has 0 aromatic heterocycles. The average molecular weight is 309 g/mol. The topological polar surface area (TPSA) is 32.3 Å². The molecule has 4 rings (SSSR count). The number of fused-ring (bicyclic) bond motifs is 3. The summed E-state index contributed by atoms with van der Waals surface area (Å²) in [6.45, 7) is 3.42. The molecule has 3 aliphatic heterocycles. The van der Waals surface area contributed by atoms with Crippen molar-refractivity contribution in [3.05, 3.63) is 34.3 Å². The third-order valence-electron chi connectivity index (χ3n) is 4.06. The van der Waals surface area contributed by atoms with E-state index in [1.54, 1.807) is 0 Å². The summed E-state index contributed by atoms with van der Waals surface area (Å²) in [7, 11) is 0. The van der Waals surface area contributed by atoms with Crippen molar-refractivity contribution in [1.82, 2.24) is 10.2 Å². The third kappa shape index (κ3) is 2.45. The van der Waals surface area contributed by atoms with E-state index < -0.39 is 0 Å². The molecule has 1 atom stereocenters. The quantitative estimate of drug-likeness (QED) is 0.909. The zero-order chi connectivity index (χ0) is 12.5. The van der Waals surface area contributed by atoms with Gasteiger partial charge in [-0.3, -0.25) is 4.79 Å². The van der Waals surface area contributed by atoms with Crippen LogP contribution in [0.3, 0.4) is 0 Å². The van der Waals surface area contributed by atoms with Crippen LogP contribution in [0.1, 0.15) is 23.2 Å². The standard InChI is InChI=1S/C14H17BrN2O/c15-12-3-1-2-11(8-12)14(18)16-13-9-17-6-4-10(13)5-7-17/h1-3,8,10,13H,4-7,9H2,(H,16,18)/t13-/m0/s1. The Morgan fingerprint density at radius 1 is 1.33 bits per heavy atom. The van der Waals surface area contributed by atoms with Crippen molar-refractivity contribution in [3.63, 3.8) is 0 Å². The molecule has 3 fully saturated rings. The van der Waals surface area contributed by atoms with E-state index in [1.807, 2.05) is 24.3 Å². The van der Waals surface area contributed by atoms with E-state index >= 15 is 0 Å². The first kappa shape index (κ1) is 12.2. The number of rotatable bonds is 2. The second kappa shape index (κ2) is 5.02. The summed E-state index contributed by atoms with van der Waals surface area (Å²) in [5.41, 5.74) is 0.737. The lowest BCUT2D eigenvalue weighted by molar-refractivity contribution is 0.0620. The van der Waals surface area contributed by atoms with Gasteiger partial charge in [-0.15, -0.1) is 0 Å². The first-order chi connectivity index (χ1) is 8.72. The number of nitrogens with one attached hydrogen (secondary N) is 1. The highest BCUT2D eigenvalue weighted by atomic mass is 79.9. The van der Waals surface area contributed by atoms with Crippen molar-refractivity contribution in [3.8, 4) is 0 Å². The highest BCUT2D eigenvalue weighted by Gasteiger charge is 2.34. The summed E-state index contributed by atoms with van der Waals surface area (Å²) in [6.07, 6.45) is 2.45. The van der Waals surface area contributed by atoms with Gasteiger partial charge in [0.1, 0.15) is 0 Å². The van der Waals surface area contributed by atoms with Gasteiger partial charge in [0.2, 0.25) is 0 Å². The fraction of sp³-hybridized carbons (Fsp3) is 0.500. The van der Waals surface area contributed by atoms with E-state index in [0.717, 1.165) is 16.6 Å². The molecule has 0 saturated carbocycles. The molecule has 1 aromatic rings. The van der Waals surface area contributed by atoms with Crippen LogP contribution in [0.4, 0.5) is 0 Å². The smallest absolute Gasteiger partial charge is 0.251 e. The Balaban J connectivity index is 1.68. The van der Waals surface area contributed by atoms with Gasteiger partial charge in [-0.1, -0.05) is 22.0 Å². The minimum atomic E-state index is 0.0510. The molecular weight excluding hydrogens is 292 g/mol. The molecular formula is C14H17BrN2O. The van der Waals surface area contributed by atoms with Gasteiger partial charge in [0, 0.05) is 22.6 Å². The van der Waals surface area contributed by atoms with Crippen molar-refractivity contribution < 1.29 is 4.79 Å². The number of carbonyl (C=O) groups excluding carboxylic acids is 1. The first-order valence-electron chi connectivity index (χ1n) is 6.51. The van der Waals surface area contributed by atoms with E-state index in [2.05, 4.69) is 26.1 Å². The van der Waals surface area contributed by atoms with E-state index in [4.69, 9.17) is 0 Å². The molecule has 96 valence electrons. The Hall–Kier alpha value is -0.870. The van der Waals surface area contributed by atoms with Gasteiger partial charge in [-0.2, -0.15) is 0 Å². The Kier molecular flexibility index (Phi) is 3.39. The largest absolute Gasteiger partial charge is 0.348 e. The van der Waals surface area contributed by atoms with E-state index in [-0.39, 0.29) is 5.91 Å². The van der Waals surface area contributed by atoms with Gasteiger partial charge in [0.15, 0.2) is 0 Å². The van der Waals surface area contributed by atoms with Crippen molar-refractivity contribution in [2.45, 2.75) is 18.9 Å². The van der Waals surface area contributed by atoms with Crippen molar-refractivity contribution in [2.24, 2.45) is 5.92 Å². The number of hydrogen-bond donors (Lipinski definition) is 1. The number of halogens is 1. The number of nitrogens with zero attached hydrogens (tertiary/aromatic N) is 1. The van der Waals surface area contributed by atoms with E-state index in [1.165, 1.54) is 25.9 Å². The minimum absolute atomic E-state index is 0.0510. The second-order valence-corrected chi connectivity index (χ2v) is 6.14. The van der Waals surface area contributed by atoms with Crippen molar-refractivity contribution in [1.29, 1.82) is 0 Å². The van der Waals surface area contributed by atoms with Crippen molar-refractivity contribution >= 4 is 21.8 Å². The molecule has 0 radical (unpaired) electrons. The summed E-state index contributed by atoms with van der Waals surface area (Å²) in [5, 5.41) is 3.19. The van der Waals surface area contributed by atoms with Crippen LogP contribution >= 0.6 is 15.9 Å².